The average molecular weight is 165 g/mol. The molecule has 0 aromatic rings. The molecule has 0 heterocycles. The van der Waals surface area contributed by atoms with Gasteiger partial charge in [0.1, 0.15) is 0 Å². The molecule has 0 aromatic heterocycles. The van der Waals surface area contributed by atoms with Gasteiger partial charge < -0.3 is 4.90 Å². The van der Waals surface area contributed by atoms with Gasteiger partial charge in [-0.2, -0.15) is 0 Å². The third-order valence-corrected chi connectivity index (χ3v) is 1.40. The van der Waals surface area contributed by atoms with Crippen LogP contribution >= 0.6 is 0 Å². The smallest absolute Gasteiger partial charge is 0.00557 e. The fourth-order valence-electron chi connectivity index (χ4n) is 0.985. The second-order valence-corrected chi connectivity index (χ2v) is 3.02. The summed E-state index contributed by atoms with van der Waals surface area (Å²) in [6.45, 7) is 4.17. The highest BCUT2D eigenvalue weighted by atomic mass is 15.0. The van der Waals surface area contributed by atoms with Crippen molar-refractivity contribution < 1.29 is 0 Å². The number of allylic oxidation sites excluding steroid dienone is 2. The van der Waals surface area contributed by atoms with Gasteiger partial charge in [0, 0.05) is 20.3 Å². The minimum absolute atomic E-state index is 1.12. The predicted octanol–water partition coefficient (Wildman–Crippen LogP) is 2.96. The standard InChI is InChI=1S/C11H19N/c1-5-7-9-11(8-6-2)10-12(3)4/h5,9-10H,6,8H2,1-4H3/b11-10-. The van der Waals surface area contributed by atoms with E-state index in [2.05, 4.69) is 23.8 Å². The van der Waals surface area contributed by atoms with Crippen LogP contribution in [0, 0.1) is 0 Å². The highest BCUT2D eigenvalue weighted by molar-refractivity contribution is 5.17. The SMILES string of the molecule is CC=C=C/C(=C\N(C)C)CCC. The lowest BCUT2D eigenvalue weighted by Gasteiger charge is -2.06. The van der Waals surface area contributed by atoms with Crippen molar-refractivity contribution in [2.75, 3.05) is 14.1 Å². The van der Waals surface area contributed by atoms with Crippen LogP contribution in [0.15, 0.2) is 29.7 Å². The summed E-state index contributed by atoms with van der Waals surface area (Å²) in [5.74, 6) is 0. The van der Waals surface area contributed by atoms with E-state index in [4.69, 9.17) is 0 Å². The van der Waals surface area contributed by atoms with Crippen LogP contribution < -0.4 is 0 Å². The van der Waals surface area contributed by atoms with E-state index in [9.17, 15) is 0 Å². The van der Waals surface area contributed by atoms with Crippen LogP contribution in [0.25, 0.3) is 0 Å². The van der Waals surface area contributed by atoms with Gasteiger partial charge in [-0.05, 0) is 31.1 Å². The van der Waals surface area contributed by atoms with Gasteiger partial charge in [0.15, 0.2) is 0 Å². The van der Waals surface area contributed by atoms with Crippen molar-refractivity contribution in [3.05, 3.63) is 29.7 Å². The van der Waals surface area contributed by atoms with Gasteiger partial charge in [-0.25, -0.2) is 0 Å². The first-order valence-electron chi connectivity index (χ1n) is 4.45. The first-order valence-corrected chi connectivity index (χ1v) is 4.45. The summed E-state index contributed by atoms with van der Waals surface area (Å²) in [7, 11) is 4.08. The second kappa shape index (κ2) is 6.75. The molecule has 0 spiro atoms. The van der Waals surface area contributed by atoms with Crippen molar-refractivity contribution in [3.8, 4) is 0 Å². The van der Waals surface area contributed by atoms with Gasteiger partial charge in [-0.1, -0.05) is 13.3 Å². The largest absolute Gasteiger partial charge is 0.383 e. The molecule has 0 aliphatic heterocycles. The van der Waals surface area contributed by atoms with Crippen molar-refractivity contribution in [3.63, 3.8) is 0 Å². The maximum Gasteiger partial charge on any atom is 0.00557 e. The van der Waals surface area contributed by atoms with Crippen molar-refractivity contribution in [2.45, 2.75) is 26.7 Å². The second-order valence-electron chi connectivity index (χ2n) is 3.02. The Balaban J connectivity index is 4.32. The molecule has 0 aromatic carbocycles. The normalized spacial score (nSPS) is 10.5. The van der Waals surface area contributed by atoms with Gasteiger partial charge in [-0.3, -0.25) is 0 Å². The Morgan fingerprint density at radius 3 is 2.50 bits per heavy atom. The minimum atomic E-state index is 1.12. The number of rotatable bonds is 4. The van der Waals surface area contributed by atoms with Gasteiger partial charge in [0.05, 0.1) is 0 Å². The van der Waals surface area contributed by atoms with Crippen molar-refractivity contribution in [2.24, 2.45) is 0 Å². The van der Waals surface area contributed by atoms with Crippen molar-refractivity contribution >= 4 is 0 Å². The molecule has 0 rings (SSSR count). The lowest BCUT2D eigenvalue weighted by atomic mass is 10.1. The van der Waals surface area contributed by atoms with E-state index in [-0.39, 0.29) is 0 Å². The highest BCUT2D eigenvalue weighted by Crippen LogP contribution is 2.06. The van der Waals surface area contributed by atoms with E-state index in [1.807, 2.05) is 33.2 Å². The Bertz CT molecular complexity index is 193. The van der Waals surface area contributed by atoms with E-state index in [0.717, 1.165) is 6.42 Å². The Labute approximate surface area is 76.1 Å². The first kappa shape index (κ1) is 11.1. The van der Waals surface area contributed by atoms with E-state index in [1.165, 1.54) is 12.0 Å². The Kier molecular flexibility index (Phi) is 6.22. The summed E-state index contributed by atoms with van der Waals surface area (Å²) in [4.78, 5) is 2.07. The zero-order valence-electron chi connectivity index (χ0n) is 8.59. The predicted molar refractivity (Wildman–Crippen MR) is 55.0 cm³/mol. The summed E-state index contributed by atoms with van der Waals surface area (Å²) in [6.07, 6.45) is 8.42. The Morgan fingerprint density at radius 1 is 1.42 bits per heavy atom. The van der Waals surface area contributed by atoms with Gasteiger partial charge in [0.2, 0.25) is 0 Å². The molecule has 0 saturated carbocycles. The molecule has 0 radical (unpaired) electrons. The van der Waals surface area contributed by atoms with E-state index < -0.39 is 0 Å². The van der Waals surface area contributed by atoms with E-state index in [1.54, 1.807) is 0 Å². The molecule has 0 N–H and O–H groups in total. The summed E-state index contributed by atoms with van der Waals surface area (Å²) in [5.41, 5.74) is 4.43. The molecule has 0 fully saturated rings. The molecular formula is C11H19N. The lowest BCUT2D eigenvalue weighted by Crippen LogP contribution is -2.02. The Morgan fingerprint density at radius 2 is 2.08 bits per heavy atom. The fraction of sp³-hybridized carbons (Fsp3) is 0.545. The van der Waals surface area contributed by atoms with Crippen molar-refractivity contribution in [1.82, 2.24) is 4.90 Å². The third-order valence-electron chi connectivity index (χ3n) is 1.40. The minimum Gasteiger partial charge on any atom is -0.383 e. The molecule has 0 bridgehead atoms. The Hall–Kier alpha value is -0.940. The molecule has 0 aliphatic rings. The monoisotopic (exact) mass is 165 g/mol. The highest BCUT2D eigenvalue weighted by Gasteiger charge is 1.90. The number of hydrogen-bond donors (Lipinski definition) is 0. The first-order chi connectivity index (χ1) is 5.70. The lowest BCUT2D eigenvalue weighted by molar-refractivity contribution is 0.556. The topological polar surface area (TPSA) is 3.24 Å². The van der Waals surface area contributed by atoms with Crippen LogP contribution in [0.3, 0.4) is 0 Å². The van der Waals surface area contributed by atoms with Crippen molar-refractivity contribution in [1.29, 1.82) is 0 Å². The summed E-state index contributed by atoms with van der Waals surface area (Å²) >= 11 is 0. The molecule has 0 amide bonds. The van der Waals surface area contributed by atoms with Gasteiger partial charge in [0.25, 0.3) is 0 Å². The summed E-state index contributed by atoms with van der Waals surface area (Å²) in [5, 5.41) is 0. The fourth-order valence-corrected chi connectivity index (χ4v) is 0.985. The van der Waals surface area contributed by atoms with Crippen LogP contribution in [0.1, 0.15) is 26.7 Å². The molecule has 0 saturated heterocycles. The van der Waals surface area contributed by atoms with Crippen LogP contribution in [0.5, 0.6) is 0 Å². The quantitative estimate of drug-likeness (QED) is 0.457. The zero-order chi connectivity index (χ0) is 9.40. The molecular weight excluding hydrogens is 146 g/mol. The molecule has 0 aliphatic carbocycles. The van der Waals surface area contributed by atoms with Gasteiger partial charge in [-0.15, -0.1) is 5.73 Å². The number of hydrogen-bond acceptors (Lipinski definition) is 1. The molecule has 0 unspecified atom stereocenters. The summed E-state index contributed by atoms with van der Waals surface area (Å²) in [6, 6.07) is 0. The van der Waals surface area contributed by atoms with Crippen LogP contribution in [0.2, 0.25) is 0 Å². The molecule has 1 heteroatoms. The van der Waals surface area contributed by atoms with E-state index >= 15 is 0 Å². The van der Waals surface area contributed by atoms with Crippen LogP contribution in [-0.4, -0.2) is 19.0 Å². The third kappa shape index (κ3) is 5.82. The van der Waals surface area contributed by atoms with Gasteiger partial charge >= 0.3 is 0 Å². The number of nitrogens with zero attached hydrogens (tertiary/aromatic N) is 1. The zero-order valence-corrected chi connectivity index (χ0v) is 8.59. The molecule has 68 valence electrons. The maximum absolute atomic E-state index is 3.09. The molecule has 1 nitrogen and oxygen atoms in total. The summed E-state index contributed by atoms with van der Waals surface area (Å²) < 4.78 is 0. The van der Waals surface area contributed by atoms with E-state index in [0.29, 0.717) is 0 Å². The van der Waals surface area contributed by atoms with Crippen LogP contribution in [-0.2, 0) is 0 Å². The molecule has 12 heavy (non-hydrogen) atoms. The molecule has 0 atom stereocenters. The average Bonchev–Trinajstić information content (AvgIpc) is 2.00. The maximum atomic E-state index is 3.09. The van der Waals surface area contributed by atoms with Crippen LogP contribution in [0.4, 0.5) is 0 Å².